The van der Waals surface area contributed by atoms with Gasteiger partial charge in [0.25, 0.3) is 0 Å². The van der Waals surface area contributed by atoms with Gasteiger partial charge < -0.3 is 9.67 Å². The van der Waals surface area contributed by atoms with E-state index in [0.717, 1.165) is 21.1 Å². The fourth-order valence-electron chi connectivity index (χ4n) is 2.04. The molecular formula is C15H14N2OS. The molecule has 0 aliphatic carbocycles. The number of imidazole rings is 1. The zero-order chi connectivity index (χ0) is 13.1. The Labute approximate surface area is 115 Å². The Kier molecular flexibility index (Phi) is 3.53. The lowest BCUT2D eigenvalue weighted by molar-refractivity contribution is 0.273. The highest BCUT2D eigenvalue weighted by atomic mass is 32.2. The molecule has 0 saturated heterocycles. The molecule has 19 heavy (non-hydrogen) atoms. The summed E-state index contributed by atoms with van der Waals surface area (Å²) in [6, 6.07) is 18.2. The van der Waals surface area contributed by atoms with Gasteiger partial charge in [-0.3, -0.25) is 0 Å². The summed E-state index contributed by atoms with van der Waals surface area (Å²) in [7, 11) is 0. The Morgan fingerprint density at radius 2 is 1.74 bits per heavy atom. The molecule has 0 spiro atoms. The minimum atomic E-state index is 0.114. The van der Waals surface area contributed by atoms with Gasteiger partial charge in [-0.15, -0.1) is 0 Å². The molecule has 0 saturated carbocycles. The average molecular weight is 270 g/mol. The van der Waals surface area contributed by atoms with Crippen molar-refractivity contribution in [2.24, 2.45) is 0 Å². The molecular weight excluding hydrogens is 256 g/mol. The first-order chi connectivity index (χ1) is 9.38. The van der Waals surface area contributed by atoms with Gasteiger partial charge in [-0.2, -0.15) is 0 Å². The van der Waals surface area contributed by atoms with Crippen molar-refractivity contribution in [3.8, 4) is 0 Å². The molecule has 1 heterocycles. The Morgan fingerprint density at radius 3 is 2.53 bits per heavy atom. The van der Waals surface area contributed by atoms with Crippen molar-refractivity contribution in [1.82, 2.24) is 9.55 Å². The van der Waals surface area contributed by atoms with Crippen LogP contribution in [0.2, 0.25) is 0 Å². The van der Waals surface area contributed by atoms with Crippen molar-refractivity contribution in [3.05, 3.63) is 54.6 Å². The lowest BCUT2D eigenvalue weighted by Crippen LogP contribution is -2.03. The normalized spacial score (nSPS) is 11.0. The predicted octanol–water partition coefficient (Wildman–Crippen LogP) is 3.18. The number of para-hydroxylation sites is 2. The highest BCUT2D eigenvalue weighted by molar-refractivity contribution is 7.99. The summed E-state index contributed by atoms with van der Waals surface area (Å²) in [6.45, 7) is 0.679. The molecule has 3 nitrogen and oxygen atoms in total. The molecule has 0 atom stereocenters. The van der Waals surface area contributed by atoms with Crippen molar-refractivity contribution in [2.45, 2.75) is 16.6 Å². The summed E-state index contributed by atoms with van der Waals surface area (Å²) in [5.41, 5.74) is 2.03. The third-order valence-corrected chi connectivity index (χ3v) is 3.90. The average Bonchev–Trinajstić information content (AvgIpc) is 2.79. The van der Waals surface area contributed by atoms with Gasteiger partial charge in [0.1, 0.15) is 0 Å². The second-order valence-electron chi connectivity index (χ2n) is 4.17. The van der Waals surface area contributed by atoms with Crippen LogP contribution in [-0.4, -0.2) is 21.3 Å². The summed E-state index contributed by atoms with van der Waals surface area (Å²) in [4.78, 5) is 5.79. The number of fused-ring (bicyclic) bond motifs is 1. The van der Waals surface area contributed by atoms with Crippen LogP contribution in [0.4, 0.5) is 0 Å². The van der Waals surface area contributed by atoms with Gasteiger partial charge in [-0.05, 0) is 24.3 Å². The van der Waals surface area contributed by atoms with E-state index in [-0.39, 0.29) is 6.61 Å². The zero-order valence-electron chi connectivity index (χ0n) is 10.4. The summed E-state index contributed by atoms with van der Waals surface area (Å²) in [5.74, 6) is 0. The van der Waals surface area contributed by atoms with E-state index in [2.05, 4.69) is 21.7 Å². The first-order valence-electron chi connectivity index (χ1n) is 6.17. The Bertz CT molecular complexity index is 679. The number of hydrogen-bond donors (Lipinski definition) is 1. The van der Waals surface area contributed by atoms with Crippen LogP contribution < -0.4 is 0 Å². The standard InChI is InChI=1S/C15H14N2OS/c18-11-10-17-14-9-5-4-8-13(14)16-15(17)19-12-6-2-1-3-7-12/h1-9,18H,10-11H2. The van der Waals surface area contributed by atoms with E-state index in [1.165, 1.54) is 0 Å². The largest absolute Gasteiger partial charge is 0.395 e. The second-order valence-corrected chi connectivity index (χ2v) is 5.21. The van der Waals surface area contributed by atoms with Crippen LogP contribution in [0.5, 0.6) is 0 Å². The molecule has 3 aromatic rings. The predicted molar refractivity (Wildman–Crippen MR) is 77.4 cm³/mol. The fourth-order valence-corrected chi connectivity index (χ4v) is 2.99. The molecule has 0 amide bonds. The van der Waals surface area contributed by atoms with Crippen LogP contribution in [0, 0.1) is 0 Å². The molecule has 2 aromatic carbocycles. The smallest absolute Gasteiger partial charge is 0.174 e. The number of benzene rings is 2. The van der Waals surface area contributed by atoms with Gasteiger partial charge in [-0.25, -0.2) is 4.98 Å². The fraction of sp³-hybridized carbons (Fsp3) is 0.133. The lowest BCUT2D eigenvalue weighted by atomic mass is 10.3. The molecule has 96 valence electrons. The van der Waals surface area contributed by atoms with Crippen LogP contribution in [0.25, 0.3) is 11.0 Å². The summed E-state index contributed by atoms with van der Waals surface area (Å²) in [5, 5.41) is 10.1. The maximum Gasteiger partial charge on any atom is 0.174 e. The quantitative estimate of drug-likeness (QED) is 0.791. The van der Waals surface area contributed by atoms with Gasteiger partial charge in [0.2, 0.25) is 0 Å². The molecule has 0 unspecified atom stereocenters. The van der Waals surface area contributed by atoms with Crippen LogP contribution >= 0.6 is 11.8 Å². The van der Waals surface area contributed by atoms with Crippen LogP contribution in [0.15, 0.2) is 64.6 Å². The number of hydrogen-bond acceptors (Lipinski definition) is 3. The van der Waals surface area contributed by atoms with E-state index < -0.39 is 0 Å². The van der Waals surface area contributed by atoms with Gasteiger partial charge in [0, 0.05) is 11.4 Å². The molecule has 1 N–H and O–H groups in total. The highest BCUT2D eigenvalue weighted by Gasteiger charge is 2.10. The number of aliphatic hydroxyl groups excluding tert-OH is 1. The minimum Gasteiger partial charge on any atom is -0.395 e. The van der Waals surface area contributed by atoms with E-state index in [4.69, 9.17) is 0 Å². The third-order valence-electron chi connectivity index (χ3n) is 2.90. The SMILES string of the molecule is OCCn1c(Sc2ccccc2)nc2ccccc21. The first-order valence-corrected chi connectivity index (χ1v) is 6.99. The van der Waals surface area contributed by atoms with E-state index in [9.17, 15) is 5.11 Å². The van der Waals surface area contributed by atoms with E-state index in [1.807, 2.05) is 42.5 Å². The molecule has 0 bridgehead atoms. The van der Waals surface area contributed by atoms with Crippen molar-refractivity contribution in [1.29, 1.82) is 0 Å². The van der Waals surface area contributed by atoms with Crippen LogP contribution in [0.3, 0.4) is 0 Å². The number of aliphatic hydroxyl groups is 1. The molecule has 1 aromatic heterocycles. The Morgan fingerprint density at radius 1 is 1.00 bits per heavy atom. The van der Waals surface area contributed by atoms with Crippen molar-refractivity contribution >= 4 is 22.8 Å². The monoisotopic (exact) mass is 270 g/mol. The van der Waals surface area contributed by atoms with Crippen molar-refractivity contribution in [2.75, 3.05) is 6.61 Å². The Hall–Kier alpha value is -1.78. The minimum absolute atomic E-state index is 0.114. The molecule has 0 fully saturated rings. The van der Waals surface area contributed by atoms with E-state index in [0.29, 0.717) is 6.54 Å². The zero-order valence-corrected chi connectivity index (χ0v) is 11.2. The summed E-state index contributed by atoms with van der Waals surface area (Å²) in [6.07, 6.45) is 0. The van der Waals surface area contributed by atoms with Crippen LogP contribution in [-0.2, 0) is 6.54 Å². The van der Waals surface area contributed by atoms with E-state index >= 15 is 0 Å². The topological polar surface area (TPSA) is 38.0 Å². The highest BCUT2D eigenvalue weighted by Crippen LogP contribution is 2.29. The van der Waals surface area contributed by atoms with Crippen molar-refractivity contribution in [3.63, 3.8) is 0 Å². The molecule has 0 aliphatic heterocycles. The molecule has 0 aliphatic rings. The maximum absolute atomic E-state index is 9.23. The van der Waals surface area contributed by atoms with Gasteiger partial charge in [-0.1, -0.05) is 42.1 Å². The number of nitrogens with zero attached hydrogens (tertiary/aromatic N) is 2. The molecule has 3 rings (SSSR count). The van der Waals surface area contributed by atoms with Crippen LogP contribution in [0.1, 0.15) is 0 Å². The van der Waals surface area contributed by atoms with Crippen molar-refractivity contribution < 1.29 is 5.11 Å². The Balaban J connectivity index is 2.04. The van der Waals surface area contributed by atoms with Gasteiger partial charge in [0.15, 0.2) is 5.16 Å². The third kappa shape index (κ3) is 2.50. The number of aromatic nitrogens is 2. The van der Waals surface area contributed by atoms with Gasteiger partial charge >= 0.3 is 0 Å². The molecule has 0 radical (unpaired) electrons. The maximum atomic E-state index is 9.23. The summed E-state index contributed by atoms with van der Waals surface area (Å²) >= 11 is 1.62. The first kappa shape index (κ1) is 12.3. The van der Waals surface area contributed by atoms with E-state index in [1.54, 1.807) is 11.8 Å². The number of rotatable bonds is 4. The van der Waals surface area contributed by atoms with Gasteiger partial charge in [0.05, 0.1) is 17.6 Å². The second kappa shape index (κ2) is 5.47. The lowest BCUT2D eigenvalue weighted by Gasteiger charge is -2.06. The molecule has 4 heteroatoms. The summed E-state index contributed by atoms with van der Waals surface area (Å²) < 4.78 is 2.06.